The third-order valence-corrected chi connectivity index (χ3v) is 8.60. The quantitative estimate of drug-likeness (QED) is 0.248. The first kappa shape index (κ1) is 28.9. The number of hydrogen-bond donors (Lipinski definition) is 0. The first-order valence-corrected chi connectivity index (χ1v) is 14.9. The van der Waals surface area contributed by atoms with E-state index in [1.807, 2.05) is 87.5 Å². The van der Waals surface area contributed by atoms with Crippen LogP contribution in [0.3, 0.4) is 0 Å². The minimum absolute atomic E-state index is 0.131. The summed E-state index contributed by atoms with van der Waals surface area (Å²) >= 11 is 13.8. The van der Waals surface area contributed by atoms with Gasteiger partial charge in [0.15, 0.2) is 4.80 Å². The molecule has 5 rings (SSSR count). The number of likely N-dealkylation sites (N-methyl/N-ethyl adjacent to an activating group) is 1. The van der Waals surface area contributed by atoms with E-state index in [-0.39, 0.29) is 11.5 Å². The zero-order valence-electron chi connectivity index (χ0n) is 22.9. The number of amides is 1. The Morgan fingerprint density at radius 1 is 1.05 bits per heavy atom. The smallest absolute Gasteiger partial charge is 0.271 e. The second-order valence-electron chi connectivity index (χ2n) is 9.56. The van der Waals surface area contributed by atoms with Crippen molar-refractivity contribution >= 4 is 46.5 Å². The Bertz CT molecular complexity index is 1800. The Labute approximate surface area is 252 Å². The maximum Gasteiger partial charge on any atom is 0.271 e. The number of carbonyl (C=O) groups is 1. The maximum atomic E-state index is 13.9. The highest BCUT2D eigenvalue weighted by molar-refractivity contribution is 7.07. The molecule has 210 valence electrons. The standard InChI is InChI=1S/C32H29Cl2N3O3S/c1-4-36(5-2)31(39)28-20(3)35-32-37(29(28)22-13-15-24(33)16-14-22)30(38)27(41-32)18-21-9-8-11-25(17-21)40-19-23-10-6-7-12-26(23)34/h6-18,29H,4-5,19H2,1-3H3/b27-18+/t29-/m0/s1. The minimum Gasteiger partial charge on any atom is -0.489 e. The molecule has 0 unspecified atom stereocenters. The first-order valence-electron chi connectivity index (χ1n) is 13.3. The Morgan fingerprint density at radius 3 is 2.49 bits per heavy atom. The second kappa shape index (κ2) is 12.5. The number of rotatable bonds is 8. The molecule has 1 aromatic heterocycles. The zero-order valence-corrected chi connectivity index (χ0v) is 25.3. The molecule has 0 spiro atoms. The van der Waals surface area contributed by atoms with E-state index in [2.05, 4.69) is 0 Å². The van der Waals surface area contributed by atoms with Crippen molar-refractivity contribution in [1.82, 2.24) is 9.47 Å². The van der Waals surface area contributed by atoms with Gasteiger partial charge in [-0.15, -0.1) is 0 Å². The van der Waals surface area contributed by atoms with Gasteiger partial charge in [0.25, 0.3) is 11.5 Å². The topological polar surface area (TPSA) is 63.9 Å². The summed E-state index contributed by atoms with van der Waals surface area (Å²) in [5, 5.41) is 1.23. The van der Waals surface area contributed by atoms with Crippen LogP contribution in [0.1, 0.15) is 43.5 Å². The number of thiazole rings is 1. The molecule has 0 bridgehead atoms. The summed E-state index contributed by atoms with van der Waals surface area (Å²) in [4.78, 5) is 34.7. The van der Waals surface area contributed by atoms with Crippen LogP contribution in [-0.4, -0.2) is 28.5 Å². The van der Waals surface area contributed by atoms with E-state index in [1.165, 1.54) is 11.3 Å². The van der Waals surface area contributed by atoms with Crippen LogP contribution in [0.15, 0.2) is 93.9 Å². The van der Waals surface area contributed by atoms with Crippen LogP contribution in [0, 0.1) is 0 Å². The fourth-order valence-electron chi connectivity index (χ4n) is 4.86. The van der Waals surface area contributed by atoms with E-state index in [0.29, 0.717) is 56.1 Å². The Hall–Kier alpha value is -3.65. The van der Waals surface area contributed by atoms with Gasteiger partial charge in [0.1, 0.15) is 12.4 Å². The number of benzene rings is 3. The molecule has 4 aromatic rings. The van der Waals surface area contributed by atoms with E-state index in [4.69, 9.17) is 32.9 Å². The molecule has 0 N–H and O–H groups in total. The van der Waals surface area contributed by atoms with Gasteiger partial charge in [-0.2, -0.15) is 0 Å². The lowest BCUT2D eigenvalue weighted by molar-refractivity contribution is -0.127. The highest BCUT2D eigenvalue weighted by Crippen LogP contribution is 2.32. The van der Waals surface area contributed by atoms with Crippen LogP contribution in [-0.2, 0) is 11.4 Å². The number of aromatic nitrogens is 1. The van der Waals surface area contributed by atoms with Gasteiger partial charge in [0.2, 0.25) is 0 Å². The number of hydrogen-bond acceptors (Lipinski definition) is 5. The van der Waals surface area contributed by atoms with Gasteiger partial charge in [-0.05, 0) is 68.3 Å². The molecule has 0 saturated heterocycles. The SMILES string of the molecule is CCN(CC)C(=O)C1=C(C)N=c2s/c(=C/c3cccc(OCc4ccccc4Cl)c3)c(=O)n2[C@H]1c1ccc(Cl)cc1. The molecule has 0 radical (unpaired) electrons. The fraction of sp³-hybridized carbons (Fsp3) is 0.219. The number of allylic oxidation sites excluding steroid dienone is 1. The molecule has 1 aliphatic heterocycles. The van der Waals surface area contributed by atoms with Gasteiger partial charge in [-0.25, -0.2) is 4.99 Å². The first-order chi connectivity index (χ1) is 19.8. The summed E-state index contributed by atoms with van der Waals surface area (Å²) in [6.07, 6.45) is 1.83. The van der Waals surface area contributed by atoms with Crippen LogP contribution >= 0.6 is 34.5 Å². The van der Waals surface area contributed by atoms with E-state index < -0.39 is 6.04 Å². The molecule has 1 atom stereocenters. The average molecular weight is 607 g/mol. The van der Waals surface area contributed by atoms with Gasteiger partial charge < -0.3 is 9.64 Å². The lowest BCUT2D eigenvalue weighted by atomic mass is 9.94. The lowest BCUT2D eigenvalue weighted by Crippen LogP contribution is -2.43. The summed E-state index contributed by atoms with van der Waals surface area (Å²) in [5.41, 5.74) is 3.37. The average Bonchev–Trinajstić information content (AvgIpc) is 3.27. The van der Waals surface area contributed by atoms with Gasteiger partial charge in [-0.1, -0.05) is 77.0 Å². The van der Waals surface area contributed by atoms with Crippen LogP contribution in [0.25, 0.3) is 6.08 Å². The molecule has 6 nitrogen and oxygen atoms in total. The van der Waals surface area contributed by atoms with Crippen LogP contribution < -0.4 is 19.6 Å². The van der Waals surface area contributed by atoms with Crippen molar-refractivity contribution < 1.29 is 9.53 Å². The number of fused-ring (bicyclic) bond motifs is 1. The summed E-state index contributed by atoms with van der Waals surface area (Å²) in [7, 11) is 0. The molecule has 2 heterocycles. The van der Waals surface area contributed by atoms with Crippen molar-refractivity contribution in [3.05, 3.63) is 130 Å². The predicted molar refractivity (Wildman–Crippen MR) is 165 cm³/mol. The molecule has 9 heteroatoms. The van der Waals surface area contributed by atoms with Crippen molar-refractivity contribution in [3.8, 4) is 5.75 Å². The van der Waals surface area contributed by atoms with Crippen molar-refractivity contribution in [2.75, 3.05) is 13.1 Å². The summed E-state index contributed by atoms with van der Waals surface area (Å²) in [6.45, 7) is 7.15. The Morgan fingerprint density at radius 2 is 1.78 bits per heavy atom. The zero-order chi connectivity index (χ0) is 29.1. The largest absolute Gasteiger partial charge is 0.489 e. The number of carbonyl (C=O) groups excluding carboxylic acids is 1. The minimum atomic E-state index is -0.621. The monoisotopic (exact) mass is 605 g/mol. The molecule has 0 fully saturated rings. The summed E-state index contributed by atoms with van der Waals surface area (Å²) in [5.74, 6) is 0.530. The van der Waals surface area contributed by atoms with E-state index in [0.717, 1.165) is 16.7 Å². The number of nitrogens with zero attached hydrogens (tertiary/aromatic N) is 3. The molecule has 1 aliphatic rings. The molecule has 0 saturated carbocycles. The molecular weight excluding hydrogens is 577 g/mol. The predicted octanol–water partition coefficient (Wildman–Crippen LogP) is 5.99. The third kappa shape index (κ3) is 6.03. The second-order valence-corrected chi connectivity index (χ2v) is 11.4. The van der Waals surface area contributed by atoms with Gasteiger partial charge >= 0.3 is 0 Å². The van der Waals surface area contributed by atoms with E-state index >= 15 is 0 Å². The molecule has 0 aliphatic carbocycles. The Balaban J connectivity index is 1.56. The van der Waals surface area contributed by atoms with E-state index in [9.17, 15) is 9.59 Å². The molecule has 1 amide bonds. The number of halogens is 2. The normalized spacial score (nSPS) is 15.0. The van der Waals surface area contributed by atoms with Crippen molar-refractivity contribution in [2.24, 2.45) is 4.99 Å². The van der Waals surface area contributed by atoms with Gasteiger partial charge in [0.05, 0.1) is 21.8 Å². The van der Waals surface area contributed by atoms with Crippen molar-refractivity contribution in [1.29, 1.82) is 0 Å². The summed E-state index contributed by atoms with van der Waals surface area (Å²) in [6, 6.07) is 21.7. The third-order valence-electron chi connectivity index (χ3n) is 7.00. The summed E-state index contributed by atoms with van der Waals surface area (Å²) < 4.78 is 8.12. The number of ether oxygens (including phenoxy) is 1. The maximum absolute atomic E-state index is 13.9. The highest BCUT2D eigenvalue weighted by Gasteiger charge is 2.34. The van der Waals surface area contributed by atoms with E-state index in [1.54, 1.807) is 21.6 Å². The lowest BCUT2D eigenvalue weighted by Gasteiger charge is -2.29. The van der Waals surface area contributed by atoms with Gasteiger partial charge in [0, 0.05) is 28.7 Å². The van der Waals surface area contributed by atoms with Gasteiger partial charge in [-0.3, -0.25) is 14.2 Å². The van der Waals surface area contributed by atoms with Crippen molar-refractivity contribution in [3.63, 3.8) is 0 Å². The van der Waals surface area contributed by atoms with Crippen LogP contribution in [0.2, 0.25) is 10.0 Å². The highest BCUT2D eigenvalue weighted by atomic mass is 35.5. The Kier molecular flexibility index (Phi) is 8.78. The fourth-order valence-corrected chi connectivity index (χ4v) is 6.22. The molecule has 41 heavy (non-hydrogen) atoms. The van der Waals surface area contributed by atoms with Crippen LogP contribution in [0.4, 0.5) is 0 Å². The molecule has 3 aromatic carbocycles. The molecular formula is C32H29Cl2N3O3S. The van der Waals surface area contributed by atoms with Crippen LogP contribution in [0.5, 0.6) is 5.75 Å². The van der Waals surface area contributed by atoms with Crippen molar-refractivity contribution in [2.45, 2.75) is 33.4 Å².